The SMILES string of the molecule is CC1=Cc2c(-c3ccc(C(C(F)(F)F)(C(F)(F)F)C(F)(F)F)cc3)cccc2[CH]1[Zr]([Cl])([Cl])([CH]1C(C2CCCCC2)=Cc2c(-c3ccc(C(C)(C)C)cc3)cccc21)[SiH](C)C. The van der Waals surface area contributed by atoms with Crippen LogP contribution in [0.2, 0.25) is 13.1 Å². The van der Waals surface area contributed by atoms with Crippen LogP contribution in [-0.4, -0.2) is 24.5 Å². The summed E-state index contributed by atoms with van der Waals surface area (Å²) >= 11 is -5.33. The Bertz CT molecular complexity index is 2310. The van der Waals surface area contributed by atoms with Crippen molar-refractivity contribution in [3.8, 4) is 22.3 Å². The van der Waals surface area contributed by atoms with Gasteiger partial charge in [-0.3, -0.25) is 0 Å². The maximum absolute atomic E-state index is 14.0. The summed E-state index contributed by atoms with van der Waals surface area (Å²) in [5.74, 6) is -1.72. The molecule has 0 aliphatic heterocycles. The number of rotatable bonds is 7. The van der Waals surface area contributed by atoms with Gasteiger partial charge in [-0.1, -0.05) is 0 Å². The van der Waals surface area contributed by atoms with Crippen LogP contribution < -0.4 is 0 Å². The summed E-state index contributed by atoms with van der Waals surface area (Å²) in [4.78, 5) is 0. The van der Waals surface area contributed by atoms with Gasteiger partial charge < -0.3 is 0 Å². The van der Waals surface area contributed by atoms with E-state index in [4.69, 9.17) is 17.0 Å². The average Bonchev–Trinajstić information content (AvgIpc) is 3.73. The zero-order valence-electron chi connectivity index (χ0n) is 34.2. The van der Waals surface area contributed by atoms with Crippen LogP contribution in [0, 0.1) is 5.92 Å². The third kappa shape index (κ3) is 7.06. The predicted octanol–water partition coefficient (Wildman–Crippen LogP) is 16.4. The van der Waals surface area contributed by atoms with Gasteiger partial charge in [-0.2, -0.15) is 0 Å². The Labute approximate surface area is 355 Å². The summed E-state index contributed by atoms with van der Waals surface area (Å²) in [5.41, 5.74) is 1.95. The number of hydrogen-bond donors (Lipinski definition) is 0. The van der Waals surface area contributed by atoms with Crippen molar-refractivity contribution in [1.29, 1.82) is 0 Å². The molecule has 2 atom stereocenters. The van der Waals surface area contributed by atoms with Crippen molar-refractivity contribution >= 4 is 35.1 Å². The van der Waals surface area contributed by atoms with E-state index in [1.165, 1.54) is 11.1 Å². The molecule has 321 valence electrons. The van der Waals surface area contributed by atoms with Gasteiger partial charge in [-0.05, 0) is 0 Å². The van der Waals surface area contributed by atoms with Crippen LogP contribution >= 0.6 is 17.0 Å². The summed E-state index contributed by atoms with van der Waals surface area (Å²) in [6, 6.07) is 22.8. The van der Waals surface area contributed by atoms with Gasteiger partial charge in [0.2, 0.25) is 0 Å². The van der Waals surface area contributed by atoms with Gasteiger partial charge in [-0.15, -0.1) is 0 Å². The molecule has 0 heterocycles. The summed E-state index contributed by atoms with van der Waals surface area (Å²) < 4.78 is 126. The van der Waals surface area contributed by atoms with Gasteiger partial charge in [0, 0.05) is 0 Å². The third-order valence-corrected chi connectivity index (χ3v) is 65.6. The Morgan fingerprint density at radius 3 is 1.43 bits per heavy atom. The minimum atomic E-state index is -6.71. The fourth-order valence-corrected chi connectivity index (χ4v) is 42.4. The molecule has 4 aromatic carbocycles. The second-order valence-electron chi connectivity index (χ2n) is 18.4. The van der Waals surface area contributed by atoms with Gasteiger partial charge in [-0.25, -0.2) is 0 Å². The fraction of sp³-hybridized carbons (Fsp3) is 0.404. The van der Waals surface area contributed by atoms with Crippen LogP contribution in [0.1, 0.15) is 100 Å². The van der Waals surface area contributed by atoms with Crippen molar-refractivity contribution < 1.29 is 55.1 Å². The molecule has 7 rings (SSSR count). The Morgan fingerprint density at radius 1 is 0.567 bits per heavy atom. The zero-order valence-corrected chi connectivity index (χ0v) is 39.4. The summed E-state index contributed by atoms with van der Waals surface area (Å²) in [5, 5.41) is 0. The molecule has 0 amide bonds. The monoisotopic (exact) mass is 971 g/mol. The first-order chi connectivity index (χ1) is 27.7. The third-order valence-electron chi connectivity index (χ3n) is 13.6. The maximum atomic E-state index is 14.0. The van der Waals surface area contributed by atoms with Crippen molar-refractivity contribution in [2.75, 3.05) is 0 Å². The number of fused-ring (bicyclic) bond motifs is 2. The normalized spacial score (nSPS) is 20.1. The molecule has 1 fully saturated rings. The second-order valence-corrected chi connectivity index (χ2v) is 60.9. The van der Waals surface area contributed by atoms with Gasteiger partial charge in [0.1, 0.15) is 0 Å². The van der Waals surface area contributed by atoms with E-state index in [0.29, 0.717) is 11.1 Å². The quantitative estimate of drug-likeness (QED) is 0.128. The van der Waals surface area contributed by atoms with E-state index in [-0.39, 0.29) is 36.3 Å². The number of halogens is 11. The van der Waals surface area contributed by atoms with E-state index in [9.17, 15) is 39.5 Å². The fourth-order valence-electron chi connectivity index (χ4n) is 10.5. The first kappa shape index (κ1) is 45.4. The topological polar surface area (TPSA) is 0 Å². The van der Waals surface area contributed by atoms with E-state index in [2.05, 4.69) is 82.4 Å². The molecule has 2 unspecified atom stereocenters. The summed E-state index contributed by atoms with van der Waals surface area (Å²) in [7, 11) is 17.2. The van der Waals surface area contributed by atoms with Crippen molar-refractivity contribution in [1.82, 2.24) is 0 Å². The summed E-state index contributed by atoms with van der Waals surface area (Å²) in [6.07, 6.45) is -10.4. The Hall–Kier alpha value is -2.59. The van der Waals surface area contributed by atoms with Gasteiger partial charge >= 0.3 is 357 Å². The predicted molar refractivity (Wildman–Crippen MR) is 227 cm³/mol. The molecule has 60 heavy (non-hydrogen) atoms. The van der Waals surface area contributed by atoms with E-state index in [1.807, 2.05) is 19.1 Å². The molecule has 0 radical (unpaired) electrons. The molecule has 13 heteroatoms. The molecule has 0 spiro atoms. The average molecular weight is 974 g/mol. The van der Waals surface area contributed by atoms with Crippen molar-refractivity contribution in [3.63, 3.8) is 0 Å². The number of hydrogen-bond acceptors (Lipinski definition) is 0. The Kier molecular flexibility index (Phi) is 11.6. The minimum absolute atomic E-state index is 0.0125. The molecule has 0 aromatic heterocycles. The van der Waals surface area contributed by atoms with Crippen LogP contribution in [0.5, 0.6) is 0 Å². The number of allylic oxidation sites excluding steroid dienone is 2. The molecule has 0 bridgehead atoms. The van der Waals surface area contributed by atoms with Gasteiger partial charge in [0.25, 0.3) is 0 Å². The van der Waals surface area contributed by atoms with Crippen LogP contribution in [0.4, 0.5) is 39.5 Å². The molecule has 3 aliphatic carbocycles. The first-order valence-corrected chi connectivity index (χ1v) is 36.7. The van der Waals surface area contributed by atoms with Crippen molar-refractivity contribution in [2.45, 2.75) is 110 Å². The summed E-state index contributed by atoms with van der Waals surface area (Å²) in [6.45, 7) is 13.0. The van der Waals surface area contributed by atoms with Gasteiger partial charge in [0.15, 0.2) is 0 Å². The molecule has 0 nitrogen and oxygen atoms in total. The zero-order chi connectivity index (χ0) is 44.0. The molecule has 1 saturated carbocycles. The second kappa shape index (κ2) is 15.3. The molecule has 0 saturated heterocycles. The standard InChI is InChI=1S/C25H29.C20H12F9.C2H7Si.2ClH.Zr/c1-25(2,3)22-14-12-19(13-15-22)23-11-7-10-20-16-21(17-24(20)23)18-8-5-4-6-9-18;1-11-9-13-3-2-4-15(16(13)10-11)12-5-7-14(8-6-12)17(18(21,22)23,19(24,25)26)20(27,28)29;1-3-2;;;/h7,10-18H,4-6,8-9H2,1-3H3;2-10H,1H3;3H,1-2H3;2*1H;/q;;;;;+2/p-2. The molecule has 0 N–H and O–H groups in total. The Balaban J connectivity index is 1.38. The molecule has 4 aromatic rings. The van der Waals surface area contributed by atoms with E-state index < -0.39 is 51.0 Å². The van der Waals surface area contributed by atoms with E-state index in [0.717, 1.165) is 77.6 Å². The molecule has 3 aliphatic rings. The number of benzene rings is 4. The van der Waals surface area contributed by atoms with Crippen LogP contribution in [0.25, 0.3) is 34.4 Å². The van der Waals surface area contributed by atoms with Crippen LogP contribution in [-0.2, 0) is 26.4 Å². The molecular formula is C47H48Cl2F9SiZr. The van der Waals surface area contributed by atoms with E-state index >= 15 is 0 Å². The van der Waals surface area contributed by atoms with Crippen molar-refractivity contribution in [2.24, 2.45) is 5.92 Å². The van der Waals surface area contributed by atoms with Crippen LogP contribution in [0.3, 0.4) is 0 Å². The van der Waals surface area contributed by atoms with Crippen LogP contribution in [0.15, 0.2) is 96.1 Å². The Morgan fingerprint density at radius 2 is 1.00 bits per heavy atom. The molecular weight excluding hydrogens is 926 g/mol. The van der Waals surface area contributed by atoms with Gasteiger partial charge in [0.05, 0.1) is 0 Å². The first-order valence-electron chi connectivity index (χ1n) is 20.4. The van der Waals surface area contributed by atoms with Crippen molar-refractivity contribution in [3.05, 3.63) is 129 Å². The van der Waals surface area contributed by atoms with E-state index in [1.54, 1.807) is 12.1 Å². The number of alkyl halides is 9.